The smallest absolute Gasteiger partial charge is 0.356 e. The van der Waals surface area contributed by atoms with E-state index in [0.29, 0.717) is 10.9 Å². The van der Waals surface area contributed by atoms with E-state index in [-0.39, 0.29) is 11.3 Å². The lowest BCUT2D eigenvalue weighted by molar-refractivity contribution is 0.0594. The Labute approximate surface area is 156 Å². The van der Waals surface area contributed by atoms with Crippen LogP contribution in [0.3, 0.4) is 0 Å². The van der Waals surface area contributed by atoms with Crippen LogP contribution >= 0.6 is 0 Å². The second-order valence-corrected chi connectivity index (χ2v) is 6.37. The van der Waals surface area contributed by atoms with Crippen molar-refractivity contribution in [2.75, 3.05) is 38.2 Å². The van der Waals surface area contributed by atoms with Gasteiger partial charge in [-0.05, 0) is 42.5 Å². The first-order valence-electron chi connectivity index (χ1n) is 8.84. The fraction of sp³-hybridized carbons (Fsp3) is 0.250. The summed E-state index contributed by atoms with van der Waals surface area (Å²) in [6.07, 6.45) is 1.68. The number of ether oxygens (including phenoxy) is 1. The molecule has 0 aliphatic carbocycles. The number of carbonyl (C=O) groups excluding carboxylic acids is 1. The molecule has 0 spiro atoms. The number of carbonyl (C=O) groups is 1. The average Bonchev–Trinajstić information content (AvgIpc) is 2.74. The van der Waals surface area contributed by atoms with E-state index in [4.69, 9.17) is 0 Å². The molecule has 4 rings (SSSR count). The van der Waals surface area contributed by atoms with Crippen LogP contribution in [0.5, 0.6) is 0 Å². The number of fused-ring (bicyclic) bond motifs is 1. The van der Waals surface area contributed by atoms with Crippen LogP contribution in [0.25, 0.3) is 16.6 Å². The normalized spacial score (nSPS) is 14.3. The molecular formula is C20H20N4O3. The van der Waals surface area contributed by atoms with Gasteiger partial charge in [0.2, 0.25) is 0 Å². The van der Waals surface area contributed by atoms with E-state index in [1.807, 2.05) is 24.3 Å². The highest BCUT2D eigenvalue weighted by Gasteiger charge is 2.13. The number of hydrogen-bond acceptors (Lipinski definition) is 6. The van der Waals surface area contributed by atoms with Crippen LogP contribution in [0.4, 0.5) is 5.69 Å². The van der Waals surface area contributed by atoms with Crippen molar-refractivity contribution in [2.45, 2.75) is 0 Å². The minimum atomic E-state index is -0.524. The Morgan fingerprint density at radius 2 is 1.74 bits per heavy atom. The van der Waals surface area contributed by atoms with Gasteiger partial charge in [-0.15, -0.1) is 0 Å². The van der Waals surface area contributed by atoms with Gasteiger partial charge in [0.15, 0.2) is 0 Å². The standard InChI is InChI=1S/C20H20N4O3/c1-27-20(26)18-7-6-16-17(22-18)8-11-24(19(16)25)15-4-2-14(3-5-15)23-12-9-21-10-13-23/h2-8,11,21H,9-10,12-13H2,1H3. The molecule has 1 N–H and O–H groups in total. The molecule has 1 aromatic carbocycles. The number of nitrogens with zero attached hydrogens (tertiary/aromatic N) is 3. The average molecular weight is 364 g/mol. The molecule has 2 aromatic heterocycles. The van der Waals surface area contributed by atoms with Gasteiger partial charge >= 0.3 is 5.97 Å². The monoisotopic (exact) mass is 364 g/mol. The molecule has 1 fully saturated rings. The van der Waals surface area contributed by atoms with Crippen molar-refractivity contribution in [1.29, 1.82) is 0 Å². The Hall–Kier alpha value is -3.19. The number of pyridine rings is 2. The van der Waals surface area contributed by atoms with Crippen molar-refractivity contribution in [3.8, 4) is 5.69 Å². The van der Waals surface area contributed by atoms with Crippen LogP contribution in [0.15, 0.2) is 53.5 Å². The number of rotatable bonds is 3. The summed E-state index contributed by atoms with van der Waals surface area (Å²) < 4.78 is 6.26. The summed E-state index contributed by atoms with van der Waals surface area (Å²) in [6.45, 7) is 3.91. The van der Waals surface area contributed by atoms with Gasteiger partial charge in [0.25, 0.3) is 5.56 Å². The Bertz CT molecular complexity index is 1040. The maximum Gasteiger partial charge on any atom is 0.356 e. The van der Waals surface area contributed by atoms with Crippen LogP contribution < -0.4 is 15.8 Å². The maximum absolute atomic E-state index is 12.9. The Morgan fingerprint density at radius 3 is 2.44 bits per heavy atom. The fourth-order valence-corrected chi connectivity index (χ4v) is 3.29. The molecule has 1 aliphatic heterocycles. The molecule has 0 saturated carbocycles. The van der Waals surface area contributed by atoms with Crippen molar-refractivity contribution < 1.29 is 9.53 Å². The van der Waals surface area contributed by atoms with Crippen molar-refractivity contribution >= 4 is 22.6 Å². The van der Waals surface area contributed by atoms with Crippen molar-refractivity contribution in [3.63, 3.8) is 0 Å². The van der Waals surface area contributed by atoms with E-state index in [1.54, 1.807) is 22.9 Å². The summed E-state index contributed by atoms with van der Waals surface area (Å²) in [5, 5.41) is 3.79. The number of piperazine rings is 1. The minimum Gasteiger partial charge on any atom is -0.464 e. The number of nitrogens with one attached hydrogen (secondary N) is 1. The van der Waals surface area contributed by atoms with Crippen molar-refractivity contribution in [3.05, 3.63) is 64.7 Å². The van der Waals surface area contributed by atoms with Crippen molar-refractivity contribution in [2.24, 2.45) is 0 Å². The summed E-state index contributed by atoms with van der Waals surface area (Å²) in [6, 6.07) is 12.8. The Morgan fingerprint density at radius 1 is 1.04 bits per heavy atom. The molecule has 0 bridgehead atoms. The van der Waals surface area contributed by atoms with Crippen molar-refractivity contribution in [1.82, 2.24) is 14.9 Å². The van der Waals surface area contributed by atoms with Gasteiger partial charge in [-0.3, -0.25) is 9.36 Å². The van der Waals surface area contributed by atoms with E-state index in [1.165, 1.54) is 13.2 Å². The van der Waals surface area contributed by atoms with E-state index >= 15 is 0 Å². The summed E-state index contributed by atoms with van der Waals surface area (Å²) >= 11 is 0. The molecule has 3 aromatic rings. The van der Waals surface area contributed by atoms with E-state index in [2.05, 4.69) is 19.9 Å². The molecule has 138 valence electrons. The van der Waals surface area contributed by atoms with Crippen LogP contribution in [-0.4, -0.2) is 48.8 Å². The van der Waals surface area contributed by atoms with Gasteiger partial charge in [-0.1, -0.05) is 0 Å². The van der Waals surface area contributed by atoms with E-state index in [9.17, 15) is 9.59 Å². The first-order chi connectivity index (χ1) is 13.2. The molecule has 0 unspecified atom stereocenters. The van der Waals surface area contributed by atoms with Gasteiger partial charge < -0.3 is 15.0 Å². The Kier molecular flexibility index (Phi) is 4.60. The molecule has 27 heavy (non-hydrogen) atoms. The van der Waals surface area contributed by atoms with Gasteiger partial charge in [0.05, 0.1) is 18.0 Å². The zero-order valence-corrected chi connectivity index (χ0v) is 15.0. The number of anilines is 1. The largest absolute Gasteiger partial charge is 0.464 e. The van der Waals surface area contributed by atoms with E-state index < -0.39 is 5.97 Å². The first-order valence-corrected chi connectivity index (χ1v) is 8.84. The lowest BCUT2D eigenvalue weighted by Gasteiger charge is -2.29. The molecule has 1 aliphatic rings. The predicted molar refractivity (Wildman–Crippen MR) is 104 cm³/mol. The number of benzene rings is 1. The fourth-order valence-electron chi connectivity index (χ4n) is 3.29. The van der Waals surface area contributed by atoms with Crippen LogP contribution in [0.2, 0.25) is 0 Å². The predicted octanol–water partition coefficient (Wildman–Crippen LogP) is 1.58. The summed E-state index contributed by atoms with van der Waals surface area (Å²) in [7, 11) is 1.30. The molecule has 7 nitrogen and oxygen atoms in total. The highest BCUT2D eigenvalue weighted by molar-refractivity contribution is 5.90. The van der Waals surface area contributed by atoms with Gasteiger partial charge in [0.1, 0.15) is 5.69 Å². The van der Waals surface area contributed by atoms with Crippen LogP contribution in [0, 0.1) is 0 Å². The maximum atomic E-state index is 12.9. The zero-order chi connectivity index (χ0) is 18.8. The molecule has 1 saturated heterocycles. The third kappa shape index (κ3) is 3.29. The minimum absolute atomic E-state index is 0.175. The Balaban J connectivity index is 1.68. The lowest BCUT2D eigenvalue weighted by Crippen LogP contribution is -2.43. The number of esters is 1. The third-order valence-corrected chi connectivity index (χ3v) is 4.76. The van der Waals surface area contributed by atoms with Crippen LogP contribution in [-0.2, 0) is 4.74 Å². The first kappa shape index (κ1) is 17.2. The van der Waals surface area contributed by atoms with E-state index in [0.717, 1.165) is 37.6 Å². The highest BCUT2D eigenvalue weighted by atomic mass is 16.5. The highest BCUT2D eigenvalue weighted by Crippen LogP contribution is 2.18. The number of hydrogen-bond donors (Lipinski definition) is 1. The SMILES string of the molecule is COC(=O)c1ccc2c(=O)n(-c3ccc(N4CCNCC4)cc3)ccc2n1. The molecular weight excluding hydrogens is 344 g/mol. The number of methoxy groups -OCH3 is 1. The quantitative estimate of drug-likeness (QED) is 0.711. The van der Waals surface area contributed by atoms with Gasteiger partial charge in [0, 0.05) is 43.8 Å². The second kappa shape index (κ2) is 7.20. The lowest BCUT2D eigenvalue weighted by atomic mass is 10.2. The molecule has 0 radical (unpaired) electrons. The molecule has 0 amide bonds. The molecule has 0 atom stereocenters. The molecule has 3 heterocycles. The van der Waals surface area contributed by atoms with Gasteiger partial charge in [-0.25, -0.2) is 9.78 Å². The van der Waals surface area contributed by atoms with Crippen LogP contribution in [0.1, 0.15) is 10.5 Å². The topological polar surface area (TPSA) is 76.5 Å². The van der Waals surface area contributed by atoms with Gasteiger partial charge in [-0.2, -0.15) is 0 Å². The zero-order valence-electron chi connectivity index (χ0n) is 15.0. The second-order valence-electron chi connectivity index (χ2n) is 6.37. The summed E-state index contributed by atoms with van der Waals surface area (Å²) in [5.41, 5.74) is 2.42. The molecule has 7 heteroatoms. The number of aromatic nitrogens is 2. The third-order valence-electron chi connectivity index (χ3n) is 4.76. The summed E-state index contributed by atoms with van der Waals surface area (Å²) in [4.78, 5) is 31.0. The summed E-state index contributed by atoms with van der Waals surface area (Å²) in [5.74, 6) is -0.524.